The van der Waals surface area contributed by atoms with Crippen LogP contribution in [0.5, 0.6) is 0 Å². The molecule has 1 N–H and O–H groups in total. The molecule has 1 aromatic heterocycles. The molecule has 0 saturated heterocycles. The predicted octanol–water partition coefficient (Wildman–Crippen LogP) is 2.10. The molecular formula is C13H15N3O. The molecular weight excluding hydrogens is 214 g/mol. The molecule has 2 rings (SSSR count). The average molecular weight is 229 g/mol. The van der Waals surface area contributed by atoms with Crippen molar-refractivity contribution in [2.24, 2.45) is 4.99 Å². The minimum atomic E-state index is -0.0111. The van der Waals surface area contributed by atoms with Gasteiger partial charge in [-0.25, -0.2) is 0 Å². The van der Waals surface area contributed by atoms with Crippen molar-refractivity contribution in [3.8, 4) is 0 Å². The maximum Gasteiger partial charge on any atom is 0.247 e. The quantitative estimate of drug-likeness (QED) is 0.862. The summed E-state index contributed by atoms with van der Waals surface area (Å²) in [4.78, 5) is 20.2. The Morgan fingerprint density at radius 2 is 2.41 bits per heavy atom. The van der Waals surface area contributed by atoms with Gasteiger partial charge < -0.3 is 5.32 Å². The van der Waals surface area contributed by atoms with E-state index in [9.17, 15) is 4.79 Å². The van der Waals surface area contributed by atoms with Crippen LogP contribution in [0.1, 0.15) is 25.3 Å². The van der Waals surface area contributed by atoms with Gasteiger partial charge in [0, 0.05) is 36.5 Å². The summed E-state index contributed by atoms with van der Waals surface area (Å²) < 4.78 is 0. The second-order valence-electron chi connectivity index (χ2n) is 3.88. The SMILES string of the molecule is CCCNC(=O)C1=Cc2ccncc2N=CC1. The van der Waals surface area contributed by atoms with Crippen molar-refractivity contribution in [1.82, 2.24) is 10.3 Å². The topological polar surface area (TPSA) is 54.4 Å². The Kier molecular flexibility index (Phi) is 3.65. The molecule has 1 aliphatic heterocycles. The molecule has 0 aromatic carbocycles. The molecule has 0 saturated carbocycles. The van der Waals surface area contributed by atoms with Crippen molar-refractivity contribution >= 4 is 23.9 Å². The Hall–Kier alpha value is -1.97. The predicted molar refractivity (Wildman–Crippen MR) is 68.3 cm³/mol. The third-order valence-corrected chi connectivity index (χ3v) is 2.53. The summed E-state index contributed by atoms with van der Waals surface area (Å²) in [6, 6.07) is 1.87. The molecule has 0 bridgehead atoms. The number of pyridine rings is 1. The van der Waals surface area contributed by atoms with Gasteiger partial charge in [0.2, 0.25) is 5.91 Å². The zero-order chi connectivity index (χ0) is 12.1. The first kappa shape index (κ1) is 11.5. The maximum absolute atomic E-state index is 11.9. The lowest BCUT2D eigenvalue weighted by molar-refractivity contribution is -0.117. The van der Waals surface area contributed by atoms with Crippen LogP contribution in [0.4, 0.5) is 5.69 Å². The molecule has 0 fully saturated rings. The van der Waals surface area contributed by atoms with Crippen LogP contribution in [-0.4, -0.2) is 23.7 Å². The van der Waals surface area contributed by atoms with E-state index in [2.05, 4.69) is 15.3 Å². The van der Waals surface area contributed by atoms with Crippen molar-refractivity contribution in [1.29, 1.82) is 0 Å². The van der Waals surface area contributed by atoms with Crippen molar-refractivity contribution in [2.75, 3.05) is 6.54 Å². The normalized spacial score (nSPS) is 13.6. The molecule has 4 nitrogen and oxygen atoms in total. The Morgan fingerprint density at radius 1 is 1.53 bits per heavy atom. The number of nitrogens with zero attached hydrogens (tertiary/aromatic N) is 2. The van der Waals surface area contributed by atoms with Crippen LogP contribution in [0.3, 0.4) is 0 Å². The Bertz CT molecular complexity index is 477. The molecule has 0 radical (unpaired) electrons. The van der Waals surface area contributed by atoms with Gasteiger partial charge >= 0.3 is 0 Å². The average Bonchev–Trinajstić information content (AvgIpc) is 2.58. The van der Waals surface area contributed by atoms with Crippen LogP contribution in [0.2, 0.25) is 0 Å². The van der Waals surface area contributed by atoms with Gasteiger partial charge in [-0.2, -0.15) is 0 Å². The largest absolute Gasteiger partial charge is 0.352 e. The number of aliphatic imine (C=N–C) groups is 1. The number of hydrogen-bond acceptors (Lipinski definition) is 3. The Morgan fingerprint density at radius 3 is 3.24 bits per heavy atom. The molecule has 4 heteroatoms. The van der Waals surface area contributed by atoms with Crippen molar-refractivity contribution in [3.05, 3.63) is 29.6 Å². The fourth-order valence-electron chi connectivity index (χ4n) is 1.63. The highest BCUT2D eigenvalue weighted by Crippen LogP contribution is 2.23. The number of hydrogen-bond donors (Lipinski definition) is 1. The number of rotatable bonds is 3. The second-order valence-corrected chi connectivity index (χ2v) is 3.88. The van der Waals surface area contributed by atoms with E-state index in [4.69, 9.17) is 0 Å². The lowest BCUT2D eigenvalue weighted by atomic mass is 10.1. The van der Waals surface area contributed by atoms with E-state index >= 15 is 0 Å². The van der Waals surface area contributed by atoms with E-state index in [0.717, 1.165) is 23.2 Å². The number of carbonyl (C=O) groups excluding carboxylic acids is 1. The molecule has 0 aliphatic carbocycles. The van der Waals surface area contributed by atoms with Gasteiger partial charge in [0.1, 0.15) is 0 Å². The molecule has 88 valence electrons. The minimum absolute atomic E-state index is 0.0111. The van der Waals surface area contributed by atoms with E-state index in [0.29, 0.717) is 13.0 Å². The van der Waals surface area contributed by atoms with Gasteiger partial charge in [0.05, 0.1) is 11.9 Å². The van der Waals surface area contributed by atoms with Crippen LogP contribution in [0.25, 0.3) is 6.08 Å². The molecule has 1 amide bonds. The van der Waals surface area contributed by atoms with E-state index < -0.39 is 0 Å². The van der Waals surface area contributed by atoms with Crippen molar-refractivity contribution < 1.29 is 4.79 Å². The zero-order valence-electron chi connectivity index (χ0n) is 9.81. The summed E-state index contributed by atoms with van der Waals surface area (Å²) in [5.41, 5.74) is 2.49. The summed E-state index contributed by atoms with van der Waals surface area (Å²) in [6.45, 7) is 2.74. The Balaban J connectivity index is 2.23. The number of amides is 1. The summed E-state index contributed by atoms with van der Waals surface area (Å²) in [5, 5.41) is 2.88. The standard InChI is InChI=1S/C13H15N3O/c1-2-5-16-13(17)11-4-7-15-12-9-14-6-3-10(12)8-11/h3,6-9H,2,4-5H2,1H3,(H,16,17). The van der Waals surface area contributed by atoms with Gasteiger partial charge in [0.25, 0.3) is 0 Å². The highest BCUT2D eigenvalue weighted by molar-refractivity contribution is 6.02. The van der Waals surface area contributed by atoms with Crippen LogP contribution >= 0.6 is 0 Å². The molecule has 17 heavy (non-hydrogen) atoms. The molecule has 1 aliphatic rings. The van der Waals surface area contributed by atoms with Crippen LogP contribution < -0.4 is 5.32 Å². The fourth-order valence-corrected chi connectivity index (χ4v) is 1.63. The monoisotopic (exact) mass is 229 g/mol. The fraction of sp³-hybridized carbons (Fsp3) is 0.308. The smallest absolute Gasteiger partial charge is 0.247 e. The highest BCUT2D eigenvalue weighted by Gasteiger charge is 2.11. The number of aromatic nitrogens is 1. The molecule has 0 spiro atoms. The number of nitrogens with one attached hydrogen (secondary N) is 1. The number of carbonyl (C=O) groups is 1. The maximum atomic E-state index is 11.9. The van der Waals surface area contributed by atoms with Gasteiger partial charge in [0.15, 0.2) is 0 Å². The van der Waals surface area contributed by atoms with Gasteiger partial charge in [-0.3, -0.25) is 14.8 Å². The third-order valence-electron chi connectivity index (χ3n) is 2.53. The zero-order valence-corrected chi connectivity index (χ0v) is 9.81. The molecule has 2 heterocycles. The Labute approximate surface area is 100 Å². The van der Waals surface area contributed by atoms with Crippen LogP contribution in [0, 0.1) is 0 Å². The van der Waals surface area contributed by atoms with Crippen LogP contribution in [0.15, 0.2) is 29.0 Å². The summed E-state index contributed by atoms with van der Waals surface area (Å²) in [7, 11) is 0. The highest BCUT2D eigenvalue weighted by atomic mass is 16.1. The lowest BCUT2D eigenvalue weighted by Crippen LogP contribution is -2.25. The first-order valence-corrected chi connectivity index (χ1v) is 5.76. The van der Waals surface area contributed by atoms with Crippen molar-refractivity contribution in [3.63, 3.8) is 0 Å². The summed E-state index contributed by atoms with van der Waals surface area (Å²) in [5.74, 6) is -0.0111. The molecule has 1 aromatic rings. The van der Waals surface area contributed by atoms with E-state index in [-0.39, 0.29) is 5.91 Å². The van der Waals surface area contributed by atoms with Crippen molar-refractivity contribution in [2.45, 2.75) is 19.8 Å². The first-order chi connectivity index (χ1) is 8.31. The second kappa shape index (κ2) is 5.39. The lowest BCUT2D eigenvalue weighted by Gasteiger charge is -2.05. The molecule has 0 atom stereocenters. The van der Waals surface area contributed by atoms with Crippen LogP contribution in [-0.2, 0) is 4.79 Å². The van der Waals surface area contributed by atoms with E-state index in [1.807, 2.05) is 19.1 Å². The first-order valence-electron chi connectivity index (χ1n) is 5.76. The third kappa shape index (κ3) is 2.78. The van der Waals surface area contributed by atoms with Gasteiger partial charge in [-0.05, 0) is 18.6 Å². The number of fused-ring (bicyclic) bond motifs is 1. The van der Waals surface area contributed by atoms with Gasteiger partial charge in [-0.1, -0.05) is 6.92 Å². The van der Waals surface area contributed by atoms with Gasteiger partial charge in [-0.15, -0.1) is 0 Å². The minimum Gasteiger partial charge on any atom is -0.352 e. The molecule has 0 unspecified atom stereocenters. The van der Waals surface area contributed by atoms with E-state index in [1.165, 1.54) is 0 Å². The summed E-state index contributed by atoms with van der Waals surface area (Å²) in [6.07, 6.45) is 8.55. The van der Waals surface area contributed by atoms with E-state index in [1.54, 1.807) is 18.6 Å². The summed E-state index contributed by atoms with van der Waals surface area (Å²) >= 11 is 0.